The molecule has 0 unspecified atom stereocenters. The van der Waals surface area contributed by atoms with E-state index in [1.807, 2.05) is 41.8 Å². The van der Waals surface area contributed by atoms with E-state index in [1.165, 1.54) is 11.6 Å². The molecule has 0 spiro atoms. The second kappa shape index (κ2) is 9.40. The van der Waals surface area contributed by atoms with Crippen LogP contribution in [-0.2, 0) is 24.3 Å². The van der Waals surface area contributed by atoms with Gasteiger partial charge in [-0.2, -0.15) is 0 Å². The summed E-state index contributed by atoms with van der Waals surface area (Å²) in [6, 6.07) is 10.2. The van der Waals surface area contributed by atoms with E-state index >= 15 is 0 Å². The van der Waals surface area contributed by atoms with Gasteiger partial charge in [-0.25, -0.2) is 9.97 Å². The summed E-state index contributed by atoms with van der Waals surface area (Å²) in [5.41, 5.74) is 2.00. The maximum Gasteiger partial charge on any atom is 0.244 e. The summed E-state index contributed by atoms with van der Waals surface area (Å²) in [6.07, 6.45) is 9.04. The van der Waals surface area contributed by atoms with Gasteiger partial charge in [0.1, 0.15) is 6.33 Å². The molecule has 0 aliphatic carbocycles. The van der Waals surface area contributed by atoms with Crippen molar-refractivity contribution in [1.82, 2.24) is 30.0 Å². The molecule has 28 heavy (non-hydrogen) atoms. The Bertz CT molecular complexity index is 917. The third-order valence-electron chi connectivity index (χ3n) is 4.09. The molecule has 2 heterocycles. The number of aryl methyl sites for hydroxylation is 2. The Hall–Kier alpha value is -3.55. The Morgan fingerprint density at radius 3 is 2.64 bits per heavy atom. The first-order valence-electron chi connectivity index (χ1n) is 8.97. The molecule has 1 amide bonds. The Morgan fingerprint density at radius 1 is 1.18 bits per heavy atom. The summed E-state index contributed by atoms with van der Waals surface area (Å²) < 4.78 is 1.95. The van der Waals surface area contributed by atoms with E-state index in [-0.39, 0.29) is 5.91 Å². The highest BCUT2D eigenvalue weighted by Crippen LogP contribution is 2.05. The Balaban J connectivity index is 1.50. The lowest BCUT2D eigenvalue weighted by molar-refractivity contribution is -0.116. The van der Waals surface area contributed by atoms with E-state index in [0.717, 1.165) is 24.4 Å². The zero-order valence-corrected chi connectivity index (χ0v) is 16.0. The van der Waals surface area contributed by atoms with E-state index in [2.05, 4.69) is 37.6 Å². The number of carbonyl (C=O) groups is 1. The number of nitrogens with one attached hydrogen (secondary N) is 1. The average Bonchev–Trinajstić information content (AvgIpc) is 3.17. The molecule has 8 heteroatoms. The van der Waals surface area contributed by atoms with Gasteiger partial charge in [0.05, 0.1) is 6.54 Å². The topological polar surface area (TPSA) is 88.8 Å². The SMILES string of the molecule is CN(C)c1ncc(/C=C/C(=O)NCc2nncn2CCc2ccccc2)cn1. The zero-order valence-electron chi connectivity index (χ0n) is 16.0. The number of benzene rings is 1. The molecule has 2 aromatic heterocycles. The molecule has 8 nitrogen and oxygen atoms in total. The van der Waals surface area contributed by atoms with E-state index in [9.17, 15) is 4.79 Å². The monoisotopic (exact) mass is 377 g/mol. The standard InChI is InChI=1S/C20H23N7O/c1-26(2)20-22-12-17(13-23-20)8-9-19(28)21-14-18-25-24-15-27(18)11-10-16-6-4-3-5-7-16/h3-9,12-13,15H,10-11,14H2,1-2H3,(H,21,28)/b9-8+. The molecule has 0 saturated heterocycles. The van der Waals surface area contributed by atoms with Gasteiger partial charge in [-0.05, 0) is 18.1 Å². The van der Waals surface area contributed by atoms with Crippen LogP contribution in [0.15, 0.2) is 55.1 Å². The quantitative estimate of drug-likeness (QED) is 0.601. The van der Waals surface area contributed by atoms with Gasteiger partial charge in [0.25, 0.3) is 0 Å². The van der Waals surface area contributed by atoms with Gasteiger partial charge >= 0.3 is 0 Å². The molecule has 0 aliphatic heterocycles. The van der Waals surface area contributed by atoms with Crippen LogP contribution < -0.4 is 10.2 Å². The largest absolute Gasteiger partial charge is 0.347 e. The highest BCUT2D eigenvalue weighted by molar-refractivity contribution is 5.91. The lowest BCUT2D eigenvalue weighted by Crippen LogP contribution is -2.23. The number of rotatable bonds is 8. The summed E-state index contributed by atoms with van der Waals surface area (Å²) in [5.74, 6) is 1.13. The van der Waals surface area contributed by atoms with Gasteiger partial charge in [0, 0.05) is 44.7 Å². The molecule has 0 radical (unpaired) electrons. The number of amides is 1. The van der Waals surface area contributed by atoms with Crippen molar-refractivity contribution in [1.29, 1.82) is 0 Å². The van der Waals surface area contributed by atoms with Crippen LogP contribution in [0.25, 0.3) is 6.08 Å². The van der Waals surface area contributed by atoms with Crippen LogP contribution in [0.2, 0.25) is 0 Å². The van der Waals surface area contributed by atoms with Crippen LogP contribution in [0.4, 0.5) is 5.95 Å². The van der Waals surface area contributed by atoms with Crippen LogP contribution in [0, 0.1) is 0 Å². The molecule has 0 bridgehead atoms. The molecule has 3 rings (SSSR count). The summed E-state index contributed by atoms with van der Waals surface area (Å²) in [5, 5.41) is 10.9. The zero-order chi connectivity index (χ0) is 19.8. The number of anilines is 1. The van der Waals surface area contributed by atoms with Crippen molar-refractivity contribution in [3.05, 3.63) is 72.1 Å². The van der Waals surface area contributed by atoms with Gasteiger partial charge in [0.15, 0.2) is 5.82 Å². The van der Waals surface area contributed by atoms with Crippen molar-refractivity contribution in [3.63, 3.8) is 0 Å². The van der Waals surface area contributed by atoms with Crippen LogP contribution >= 0.6 is 0 Å². The second-order valence-electron chi connectivity index (χ2n) is 6.44. The fourth-order valence-electron chi connectivity index (χ4n) is 2.54. The van der Waals surface area contributed by atoms with Crippen molar-refractivity contribution >= 4 is 17.9 Å². The molecule has 0 aliphatic rings. The fourth-order valence-corrected chi connectivity index (χ4v) is 2.54. The van der Waals surface area contributed by atoms with Gasteiger partial charge in [-0.1, -0.05) is 30.3 Å². The first kappa shape index (κ1) is 19.2. The van der Waals surface area contributed by atoms with Crippen LogP contribution in [0.1, 0.15) is 17.0 Å². The number of hydrogen-bond donors (Lipinski definition) is 1. The van der Waals surface area contributed by atoms with Crippen molar-refractivity contribution in [2.24, 2.45) is 0 Å². The molecular formula is C20H23N7O. The molecule has 1 N–H and O–H groups in total. The number of carbonyl (C=O) groups excluding carboxylic acids is 1. The maximum absolute atomic E-state index is 12.1. The molecule has 1 aromatic carbocycles. The van der Waals surface area contributed by atoms with E-state index < -0.39 is 0 Å². The summed E-state index contributed by atoms with van der Waals surface area (Å²) in [4.78, 5) is 22.3. The minimum Gasteiger partial charge on any atom is -0.347 e. The highest BCUT2D eigenvalue weighted by Gasteiger charge is 2.06. The molecule has 3 aromatic rings. The molecular weight excluding hydrogens is 354 g/mol. The second-order valence-corrected chi connectivity index (χ2v) is 6.44. The van der Waals surface area contributed by atoms with Crippen LogP contribution in [-0.4, -0.2) is 44.7 Å². The normalized spacial score (nSPS) is 10.9. The Labute approximate surface area is 164 Å². The van der Waals surface area contributed by atoms with Crippen molar-refractivity contribution in [3.8, 4) is 0 Å². The maximum atomic E-state index is 12.1. The molecule has 0 fully saturated rings. The third kappa shape index (κ3) is 5.47. The van der Waals surface area contributed by atoms with Gasteiger partial charge < -0.3 is 14.8 Å². The van der Waals surface area contributed by atoms with Crippen LogP contribution in [0.5, 0.6) is 0 Å². The predicted octanol–water partition coefficient (Wildman–Crippen LogP) is 1.71. The summed E-state index contributed by atoms with van der Waals surface area (Å²) >= 11 is 0. The average molecular weight is 377 g/mol. The summed E-state index contributed by atoms with van der Waals surface area (Å²) in [7, 11) is 3.74. The molecule has 0 atom stereocenters. The Morgan fingerprint density at radius 2 is 1.93 bits per heavy atom. The number of hydrogen-bond acceptors (Lipinski definition) is 6. The minimum atomic E-state index is -0.214. The predicted molar refractivity (Wildman–Crippen MR) is 107 cm³/mol. The van der Waals surface area contributed by atoms with E-state index in [0.29, 0.717) is 12.5 Å². The Kier molecular flexibility index (Phi) is 6.46. The minimum absolute atomic E-state index is 0.214. The molecule has 0 saturated carbocycles. The fraction of sp³-hybridized carbons (Fsp3) is 0.250. The van der Waals surface area contributed by atoms with E-state index in [4.69, 9.17) is 0 Å². The third-order valence-corrected chi connectivity index (χ3v) is 4.09. The van der Waals surface area contributed by atoms with Gasteiger partial charge in [0.2, 0.25) is 11.9 Å². The van der Waals surface area contributed by atoms with Crippen molar-refractivity contribution in [2.45, 2.75) is 19.5 Å². The lowest BCUT2D eigenvalue weighted by atomic mass is 10.1. The van der Waals surface area contributed by atoms with Gasteiger partial charge in [-0.15, -0.1) is 10.2 Å². The lowest BCUT2D eigenvalue weighted by Gasteiger charge is -2.08. The van der Waals surface area contributed by atoms with Crippen molar-refractivity contribution in [2.75, 3.05) is 19.0 Å². The van der Waals surface area contributed by atoms with Crippen molar-refractivity contribution < 1.29 is 4.79 Å². The number of nitrogens with zero attached hydrogens (tertiary/aromatic N) is 6. The first-order chi connectivity index (χ1) is 13.6. The smallest absolute Gasteiger partial charge is 0.244 e. The highest BCUT2D eigenvalue weighted by atomic mass is 16.1. The van der Waals surface area contributed by atoms with Gasteiger partial charge in [-0.3, -0.25) is 4.79 Å². The first-order valence-corrected chi connectivity index (χ1v) is 8.97. The number of aromatic nitrogens is 5. The summed E-state index contributed by atoms with van der Waals surface area (Å²) in [6.45, 7) is 1.07. The van der Waals surface area contributed by atoms with E-state index in [1.54, 1.807) is 24.8 Å². The van der Waals surface area contributed by atoms with Crippen LogP contribution in [0.3, 0.4) is 0 Å². The molecule has 144 valence electrons.